The lowest BCUT2D eigenvalue weighted by atomic mass is 9.93. The Hall–Kier alpha value is -2.37. The number of carbonyl (C=O) groups excluding carboxylic acids is 1. The molecular formula is C25H32F3N5O2S. The Morgan fingerprint density at radius 3 is 2.36 bits per heavy atom. The summed E-state index contributed by atoms with van der Waals surface area (Å²) in [4.78, 5) is 24.2. The Morgan fingerprint density at radius 1 is 1.11 bits per heavy atom. The van der Waals surface area contributed by atoms with Crippen LogP contribution in [0.1, 0.15) is 69.6 Å². The van der Waals surface area contributed by atoms with E-state index in [4.69, 9.17) is 0 Å². The fourth-order valence-corrected chi connectivity index (χ4v) is 4.81. The molecule has 1 aromatic heterocycles. The second-order valence-electron chi connectivity index (χ2n) is 10.9. The largest absolute Gasteiger partial charge is 0.422 e. The molecule has 4 rings (SSSR count). The van der Waals surface area contributed by atoms with E-state index in [0.717, 1.165) is 36.8 Å². The van der Waals surface area contributed by atoms with Gasteiger partial charge < -0.3 is 15.3 Å². The molecule has 2 heterocycles. The van der Waals surface area contributed by atoms with Gasteiger partial charge in [-0.3, -0.25) is 9.52 Å². The Morgan fingerprint density at radius 2 is 1.78 bits per heavy atom. The van der Waals surface area contributed by atoms with E-state index in [1.54, 1.807) is 23.1 Å². The van der Waals surface area contributed by atoms with Crippen molar-refractivity contribution in [2.75, 3.05) is 23.3 Å². The first-order valence-electron chi connectivity index (χ1n) is 12.0. The molecule has 1 aliphatic heterocycles. The summed E-state index contributed by atoms with van der Waals surface area (Å²) in [6.07, 6.45) is -0.0345. The van der Waals surface area contributed by atoms with Crippen LogP contribution in [0.4, 0.5) is 24.7 Å². The minimum Gasteiger partial charge on any atom is -0.375 e. The van der Waals surface area contributed by atoms with Gasteiger partial charge in [-0.2, -0.15) is 13.2 Å². The summed E-state index contributed by atoms with van der Waals surface area (Å²) >= 11 is 1.43. The van der Waals surface area contributed by atoms with E-state index in [1.807, 2.05) is 26.8 Å². The SMILES string of the molecule is CC(C)(C)NSc1cccc(NC(=O)c2ncc([C@@](C)(O)C(F)(F)F)nc2N2CCC3(CC2)CC3)c1. The van der Waals surface area contributed by atoms with Crippen molar-refractivity contribution in [3.05, 3.63) is 41.9 Å². The van der Waals surface area contributed by atoms with E-state index in [0.29, 0.717) is 31.1 Å². The molecule has 1 aromatic carbocycles. The Bertz CT molecular complexity index is 1120. The number of alkyl halides is 3. The van der Waals surface area contributed by atoms with E-state index >= 15 is 0 Å². The monoisotopic (exact) mass is 523 g/mol. The molecular weight excluding hydrogens is 491 g/mol. The third-order valence-electron chi connectivity index (χ3n) is 6.67. The average molecular weight is 524 g/mol. The lowest BCUT2D eigenvalue weighted by Gasteiger charge is -2.34. The van der Waals surface area contributed by atoms with Crippen LogP contribution in [0.5, 0.6) is 0 Å². The van der Waals surface area contributed by atoms with Gasteiger partial charge in [-0.25, -0.2) is 9.97 Å². The topological polar surface area (TPSA) is 90.4 Å². The smallest absolute Gasteiger partial charge is 0.375 e. The molecule has 0 bridgehead atoms. The number of anilines is 2. The van der Waals surface area contributed by atoms with Crippen molar-refractivity contribution in [1.82, 2.24) is 14.7 Å². The van der Waals surface area contributed by atoms with Gasteiger partial charge in [-0.15, -0.1) is 0 Å². The van der Waals surface area contributed by atoms with E-state index in [-0.39, 0.29) is 17.1 Å². The number of halogens is 3. The number of aliphatic hydroxyl groups is 1. The number of aromatic nitrogens is 2. The van der Waals surface area contributed by atoms with E-state index in [2.05, 4.69) is 20.0 Å². The molecule has 1 saturated heterocycles. The highest BCUT2D eigenvalue weighted by Gasteiger charge is 2.53. The van der Waals surface area contributed by atoms with Crippen LogP contribution in [-0.4, -0.2) is 45.8 Å². The number of rotatable bonds is 6. The first kappa shape index (κ1) is 26.7. The lowest BCUT2D eigenvalue weighted by Crippen LogP contribution is -2.42. The second-order valence-corrected chi connectivity index (χ2v) is 11.8. The molecule has 2 aliphatic rings. The first-order chi connectivity index (χ1) is 16.7. The number of hydrogen-bond donors (Lipinski definition) is 3. The molecule has 3 N–H and O–H groups in total. The van der Waals surface area contributed by atoms with Gasteiger partial charge in [-0.1, -0.05) is 6.07 Å². The molecule has 0 radical (unpaired) electrons. The summed E-state index contributed by atoms with van der Waals surface area (Å²) in [5, 5.41) is 13.0. The molecule has 196 valence electrons. The van der Waals surface area contributed by atoms with Gasteiger partial charge >= 0.3 is 6.18 Å². The van der Waals surface area contributed by atoms with E-state index in [9.17, 15) is 23.1 Å². The molecule has 2 fully saturated rings. The number of amides is 1. The summed E-state index contributed by atoms with van der Waals surface area (Å²) in [5.41, 5.74) is -3.17. The minimum atomic E-state index is -4.94. The van der Waals surface area contributed by atoms with Gasteiger partial charge in [-0.05, 0) is 88.9 Å². The maximum absolute atomic E-state index is 13.5. The fourth-order valence-electron chi connectivity index (χ4n) is 4.05. The number of nitrogens with zero attached hydrogens (tertiary/aromatic N) is 3. The molecule has 0 unspecified atom stereocenters. The zero-order valence-electron chi connectivity index (χ0n) is 20.9. The third-order valence-corrected chi connectivity index (χ3v) is 7.87. The number of benzene rings is 1. The van der Waals surface area contributed by atoms with Crippen molar-refractivity contribution < 1.29 is 23.1 Å². The zero-order chi connectivity index (χ0) is 26.4. The van der Waals surface area contributed by atoms with Gasteiger partial charge in [0.05, 0.1) is 6.20 Å². The first-order valence-corrected chi connectivity index (χ1v) is 12.8. The Labute approximate surface area is 213 Å². The summed E-state index contributed by atoms with van der Waals surface area (Å²) in [6.45, 7) is 7.89. The van der Waals surface area contributed by atoms with Crippen LogP contribution in [0.2, 0.25) is 0 Å². The lowest BCUT2D eigenvalue weighted by molar-refractivity contribution is -0.260. The standard InChI is InChI=1S/C25H32F3N5O2S/c1-22(2,3)32-36-17-7-5-6-16(14-17)30-21(34)19-20(33-12-10-24(8-9-24)11-13-33)31-18(15-29-19)23(4,35)25(26,27)28/h5-7,14-15,32,35H,8-13H2,1-4H3,(H,30,34)/t23-/m1/s1. The van der Waals surface area contributed by atoms with Crippen LogP contribution in [0.25, 0.3) is 0 Å². The molecule has 1 amide bonds. The van der Waals surface area contributed by atoms with Crippen molar-refractivity contribution in [2.24, 2.45) is 5.41 Å². The minimum absolute atomic E-state index is 0.0601. The van der Waals surface area contributed by atoms with Crippen molar-refractivity contribution in [2.45, 2.75) is 75.6 Å². The predicted molar refractivity (Wildman–Crippen MR) is 134 cm³/mol. The fraction of sp³-hybridized carbons (Fsp3) is 0.560. The van der Waals surface area contributed by atoms with Crippen molar-refractivity contribution in [1.29, 1.82) is 0 Å². The van der Waals surface area contributed by atoms with E-state index < -0.39 is 23.4 Å². The third kappa shape index (κ3) is 5.95. The van der Waals surface area contributed by atoms with Gasteiger partial charge in [0, 0.05) is 29.2 Å². The summed E-state index contributed by atoms with van der Waals surface area (Å²) in [7, 11) is 0. The maximum atomic E-state index is 13.5. The molecule has 1 aliphatic carbocycles. The number of piperidine rings is 1. The predicted octanol–water partition coefficient (Wildman–Crippen LogP) is 5.27. The number of nitrogens with one attached hydrogen (secondary N) is 2. The summed E-state index contributed by atoms with van der Waals surface area (Å²) in [6, 6.07) is 7.24. The molecule has 36 heavy (non-hydrogen) atoms. The highest BCUT2D eigenvalue weighted by Crippen LogP contribution is 2.54. The second kappa shape index (κ2) is 9.50. The van der Waals surface area contributed by atoms with Crippen LogP contribution < -0.4 is 14.9 Å². The number of carbonyl (C=O) groups is 1. The van der Waals surface area contributed by atoms with Crippen molar-refractivity contribution >= 4 is 29.4 Å². The number of hydrogen-bond acceptors (Lipinski definition) is 7. The van der Waals surface area contributed by atoms with Gasteiger partial charge in [0.1, 0.15) is 5.69 Å². The normalized spacial score (nSPS) is 19.2. The summed E-state index contributed by atoms with van der Waals surface area (Å²) < 4.78 is 43.8. The molecule has 1 atom stereocenters. The van der Waals surface area contributed by atoms with E-state index in [1.165, 1.54) is 11.9 Å². The van der Waals surface area contributed by atoms with Crippen molar-refractivity contribution in [3.63, 3.8) is 0 Å². The van der Waals surface area contributed by atoms with Gasteiger partial charge in [0.15, 0.2) is 11.5 Å². The van der Waals surface area contributed by atoms with Crippen LogP contribution in [0, 0.1) is 5.41 Å². The Balaban J connectivity index is 1.61. The van der Waals surface area contributed by atoms with Crippen LogP contribution in [0.3, 0.4) is 0 Å². The van der Waals surface area contributed by atoms with Crippen LogP contribution in [0.15, 0.2) is 35.4 Å². The maximum Gasteiger partial charge on any atom is 0.422 e. The zero-order valence-corrected chi connectivity index (χ0v) is 21.7. The molecule has 11 heteroatoms. The molecule has 2 aromatic rings. The van der Waals surface area contributed by atoms with Crippen LogP contribution in [-0.2, 0) is 5.60 Å². The molecule has 1 saturated carbocycles. The van der Waals surface area contributed by atoms with Gasteiger partial charge in [0.25, 0.3) is 5.91 Å². The van der Waals surface area contributed by atoms with Crippen molar-refractivity contribution in [3.8, 4) is 0 Å². The van der Waals surface area contributed by atoms with Gasteiger partial charge in [0.2, 0.25) is 5.60 Å². The average Bonchev–Trinajstić information content (AvgIpc) is 3.55. The quantitative estimate of drug-likeness (QED) is 0.444. The van der Waals surface area contributed by atoms with Crippen LogP contribution >= 0.6 is 11.9 Å². The highest BCUT2D eigenvalue weighted by atomic mass is 32.2. The summed E-state index contributed by atoms with van der Waals surface area (Å²) in [5.74, 6) is -0.515. The Kier molecular flexibility index (Phi) is 7.04. The highest BCUT2D eigenvalue weighted by molar-refractivity contribution is 7.97. The molecule has 7 nitrogen and oxygen atoms in total. The molecule has 1 spiro atoms.